The van der Waals surface area contributed by atoms with E-state index in [1.54, 1.807) is 19.9 Å². The van der Waals surface area contributed by atoms with Crippen LogP contribution in [0.1, 0.15) is 65.9 Å². The molecular weight excluding hydrogens is 420 g/mol. The number of nitrogens with zero attached hydrogens (tertiary/aromatic N) is 1. The lowest BCUT2D eigenvalue weighted by atomic mass is 9.74. The summed E-state index contributed by atoms with van der Waals surface area (Å²) in [7, 11) is 2.15. The van der Waals surface area contributed by atoms with E-state index < -0.39 is 23.9 Å². The van der Waals surface area contributed by atoms with Gasteiger partial charge in [0.25, 0.3) is 0 Å². The maximum absolute atomic E-state index is 12.8. The highest BCUT2D eigenvalue weighted by molar-refractivity contribution is 6.03. The van der Waals surface area contributed by atoms with E-state index in [0.29, 0.717) is 5.75 Å². The number of likely N-dealkylation sites (tertiary alicyclic amines) is 1. The molecule has 0 aliphatic carbocycles. The monoisotopic (exact) mass is 458 g/mol. The number of rotatable bonds is 8. The number of aliphatic carboxylic acids is 1. The molecule has 2 unspecified atom stereocenters. The molecule has 1 aliphatic rings. The Morgan fingerprint density at radius 1 is 1.18 bits per heavy atom. The van der Waals surface area contributed by atoms with Crippen molar-refractivity contribution in [2.45, 2.75) is 71.8 Å². The number of carbonyl (C=O) groups is 3. The third kappa shape index (κ3) is 6.67. The summed E-state index contributed by atoms with van der Waals surface area (Å²) >= 11 is 0. The minimum Gasteiger partial charge on any atom is -0.480 e. The van der Waals surface area contributed by atoms with Crippen LogP contribution >= 0.6 is 0 Å². The van der Waals surface area contributed by atoms with E-state index in [-0.39, 0.29) is 22.5 Å². The highest BCUT2D eigenvalue weighted by atomic mass is 16.5. The number of hydrogen-bond acceptors (Lipinski definition) is 5. The summed E-state index contributed by atoms with van der Waals surface area (Å²) in [6.07, 6.45) is 4.42. The maximum Gasteiger partial charge on any atom is 0.339 e. The first-order chi connectivity index (χ1) is 15.5. The Balaban J connectivity index is 2.21. The Kier molecular flexibility index (Phi) is 9.23. The molecule has 1 aromatic rings. The number of esters is 1. The molecule has 1 amide bonds. The highest BCUT2D eigenvalue weighted by Gasteiger charge is 2.33. The number of carboxylic acid groups (broad SMARTS) is 1. The van der Waals surface area contributed by atoms with Gasteiger partial charge in [-0.25, -0.2) is 9.59 Å². The molecule has 1 saturated heterocycles. The van der Waals surface area contributed by atoms with Crippen molar-refractivity contribution >= 4 is 17.8 Å². The third-order valence-electron chi connectivity index (χ3n) is 6.78. The van der Waals surface area contributed by atoms with E-state index >= 15 is 0 Å². The molecular formula is C26H38N2O5. The predicted molar refractivity (Wildman–Crippen MR) is 128 cm³/mol. The molecule has 2 rings (SSSR count). The molecule has 2 N–H and O–H groups in total. The molecule has 1 fully saturated rings. The molecule has 2 atom stereocenters. The van der Waals surface area contributed by atoms with E-state index in [1.807, 2.05) is 12.1 Å². The van der Waals surface area contributed by atoms with Crippen molar-refractivity contribution in [3.8, 4) is 5.75 Å². The normalized spacial score (nSPS) is 21.1. The van der Waals surface area contributed by atoms with E-state index in [1.165, 1.54) is 20.3 Å². The van der Waals surface area contributed by atoms with Crippen molar-refractivity contribution in [1.29, 1.82) is 0 Å². The summed E-state index contributed by atoms with van der Waals surface area (Å²) in [4.78, 5) is 39.0. The topological polar surface area (TPSA) is 95.9 Å². The molecule has 0 aromatic heterocycles. The minimum absolute atomic E-state index is 0.0110. The van der Waals surface area contributed by atoms with Crippen molar-refractivity contribution in [3.05, 3.63) is 41.0 Å². The lowest BCUT2D eigenvalue weighted by Crippen LogP contribution is -2.44. The number of amides is 1. The fourth-order valence-electron chi connectivity index (χ4n) is 4.41. The van der Waals surface area contributed by atoms with E-state index in [0.717, 1.165) is 37.9 Å². The Labute approximate surface area is 197 Å². The van der Waals surface area contributed by atoms with Gasteiger partial charge < -0.3 is 20.1 Å². The fraction of sp³-hybridized carbons (Fsp3) is 0.577. The van der Waals surface area contributed by atoms with Crippen LogP contribution < -0.4 is 10.1 Å². The smallest absolute Gasteiger partial charge is 0.339 e. The van der Waals surface area contributed by atoms with Crippen LogP contribution in [0.4, 0.5) is 0 Å². The van der Waals surface area contributed by atoms with Gasteiger partial charge >= 0.3 is 11.9 Å². The molecule has 1 aliphatic heterocycles. The van der Waals surface area contributed by atoms with E-state index in [2.05, 4.69) is 30.3 Å². The summed E-state index contributed by atoms with van der Waals surface area (Å²) in [6.45, 7) is 10.7. The van der Waals surface area contributed by atoms with Crippen LogP contribution in [0.3, 0.4) is 0 Å². The van der Waals surface area contributed by atoms with Gasteiger partial charge in [-0.3, -0.25) is 4.79 Å². The van der Waals surface area contributed by atoms with Crippen LogP contribution in [0, 0.1) is 5.92 Å². The average Bonchev–Trinajstić information content (AvgIpc) is 2.97. The van der Waals surface area contributed by atoms with Crippen molar-refractivity contribution in [1.82, 2.24) is 10.2 Å². The highest BCUT2D eigenvalue weighted by Crippen LogP contribution is 2.37. The van der Waals surface area contributed by atoms with Crippen molar-refractivity contribution in [2.24, 2.45) is 5.92 Å². The summed E-state index contributed by atoms with van der Waals surface area (Å²) < 4.78 is 5.62. The molecule has 0 bridgehead atoms. The van der Waals surface area contributed by atoms with Crippen LogP contribution in [-0.2, 0) is 19.8 Å². The lowest BCUT2D eigenvalue weighted by Gasteiger charge is -2.35. The number of nitrogens with one attached hydrogen (secondary N) is 1. The SMILES string of the molecule is CCC1(c2cccc(OC(=O)/C(C)=C(\C)C(=O)NC(C(=O)O)C(C)C)c2)CCCCN(C)C1. The number of hydrogen-bond donors (Lipinski definition) is 2. The molecule has 0 radical (unpaired) electrons. The van der Waals surface area contributed by atoms with Gasteiger partial charge in [0, 0.05) is 23.1 Å². The first-order valence-corrected chi connectivity index (χ1v) is 11.7. The van der Waals surface area contributed by atoms with E-state index in [4.69, 9.17) is 4.74 Å². The van der Waals surface area contributed by atoms with Gasteiger partial charge in [-0.1, -0.05) is 39.3 Å². The second-order valence-corrected chi connectivity index (χ2v) is 9.53. The molecule has 7 nitrogen and oxygen atoms in total. The second-order valence-electron chi connectivity index (χ2n) is 9.53. The molecule has 0 spiro atoms. The van der Waals surface area contributed by atoms with Crippen molar-refractivity contribution in [2.75, 3.05) is 20.1 Å². The minimum atomic E-state index is -1.11. The Bertz CT molecular complexity index is 908. The van der Waals surface area contributed by atoms with Gasteiger partial charge in [-0.15, -0.1) is 0 Å². The third-order valence-corrected chi connectivity index (χ3v) is 6.78. The van der Waals surface area contributed by atoms with Crippen LogP contribution in [0.5, 0.6) is 5.75 Å². The zero-order chi connectivity index (χ0) is 24.8. The number of likely N-dealkylation sites (N-methyl/N-ethyl adjacent to an activating group) is 1. The predicted octanol–water partition coefficient (Wildman–Crippen LogP) is 3.92. The first kappa shape index (κ1) is 26.6. The molecule has 182 valence electrons. The largest absolute Gasteiger partial charge is 0.480 e. The Hall–Kier alpha value is -2.67. The summed E-state index contributed by atoms with van der Waals surface area (Å²) in [5.41, 5.74) is 1.45. The molecule has 1 aromatic carbocycles. The van der Waals surface area contributed by atoms with Gasteiger partial charge in [0.1, 0.15) is 11.8 Å². The zero-order valence-electron chi connectivity index (χ0n) is 20.7. The van der Waals surface area contributed by atoms with Crippen LogP contribution in [0.25, 0.3) is 0 Å². The number of ether oxygens (including phenoxy) is 1. The summed E-state index contributed by atoms with van der Waals surface area (Å²) in [5, 5.41) is 11.8. The maximum atomic E-state index is 12.8. The van der Waals surface area contributed by atoms with Gasteiger partial charge in [-0.05, 0) is 70.3 Å². The van der Waals surface area contributed by atoms with Crippen molar-refractivity contribution < 1.29 is 24.2 Å². The quantitative estimate of drug-likeness (QED) is 0.348. The Morgan fingerprint density at radius 3 is 2.48 bits per heavy atom. The second kappa shape index (κ2) is 11.5. The Morgan fingerprint density at radius 2 is 1.88 bits per heavy atom. The van der Waals surface area contributed by atoms with Gasteiger partial charge in [0.2, 0.25) is 5.91 Å². The number of carbonyl (C=O) groups excluding carboxylic acids is 2. The zero-order valence-corrected chi connectivity index (χ0v) is 20.7. The molecule has 1 heterocycles. The van der Waals surface area contributed by atoms with Gasteiger partial charge in [-0.2, -0.15) is 0 Å². The summed E-state index contributed by atoms with van der Waals surface area (Å²) in [5.74, 6) is -2.18. The first-order valence-electron chi connectivity index (χ1n) is 11.7. The van der Waals surface area contributed by atoms with Gasteiger partial charge in [0.15, 0.2) is 0 Å². The van der Waals surface area contributed by atoms with E-state index in [9.17, 15) is 19.5 Å². The molecule has 7 heteroatoms. The summed E-state index contributed by atoms with van der Waals surface area (Å²) in [6, 6.07) is 6.64. The van der Waals surface area contributed by atoms with Crippen molar-refractivity contribution in [3.63, 3.8) is 0 Å². The molecule has 33 heavy (non-hydrogen) atoms. The van der Waals surface area contributed by atoms with Gasteiger partial charge in [0.05, 0.1) is 0 Å². The standard InChI is InChI=1S/C26H38N2O5/c1-7-26(13-8-9-14-28(6)16-26)20-11-10-12-21(15-20)33-25(32)19(5)18(4)23(29)27-22(17(2)3)24(30)31/h10-12,15,17,22H,7-9,13-14,16H2,1-6H3,(H,27,29)(H,30,31)/b19-18+. The average molecular weight is 459 g/mol. The van der Waals surface area contributed by atoms with Crippen LogP contribution in [-0.4, -0.2) is 54.0 Å². The fourth-order valence-corrected chi connectivity index (χ4v) is 4.41. The molecule has 0 saturated carbocycles. The lowest BCUT2D eigenvalue weighted by molar-refractivity contribution is -0.142. The van der Waals surface area contributed by atoms with Crippen LogP contribution in [0.15, 0.2) is 35.4 Å². The number of carboxylic acids is 1. The number of benzene rings is 1. The van der Waals surface area contributed by atoms with Crippen LogP contribution in [0.2, 0.25) is 0 Å².